The van der Waals surface area contributed by atoms with Gasteiger partial charge in [0.25, 0.3) is 5.91 Å². The van der Waals surface area contributed by atoms with Crippen molar-refractivity contribution in [3.8, 4) is 0 Å². The van der Waals surface area contributed by atoms with Crippen LogP contribution in [0, 0.1) is 0 Å². The van der Waals surface area contributed by atoms with Gasteiger partial charge >= 0.3 is 0 Å². The molecule has 0 N–H and O–H groups in total. The van der Waals surface area contributed by atoms with Crippen LogP contribution in [-0.4, -0.2) is 25.1 Å². The van der Waals surface area contributed by atoms with Crippen molar-refractivity contribution in [2.75, 3.05) is 14.2 Å². The molecule has 0 fully saturated rings. The molecule has 1 aromatic rings. The highest BCUT2D eigenvalue weighted by Gasteiger charge is 2.02. The van der Waals surface area contributed by atoms with Crippen molar-refractivity contribution in [1.29, 1.82) is 0 Å². The summed E-state index contributed by atoms with van der Waals surface area (Å²) in [5.74, 6) is -0.201. The first-order valence-corrected chi connectivity index (χ1v) is 5.19. The van der Waals surface area contributed by atoms with E-state index in [9.17, 15) is 4.79 Å². The van der Waals surface area contributed by atoms with Crippen LogP contribution < -0.4 is 0 Å². The molecule has 1 amide bonds. The number of halogens is 1. The Morgan fingerprint density at radius 1 is 1.47 bits per heavy atom. The summed E-state index contributed by atoms with van der Waals surface area (Å²) < 4.78 is 0.953. The number of hydroxylamine groups is 2. The third-order valence-corrected chi connectivity index (χ3v) is 2.62. The molecule has 3 nitrogen and oxygen atoms in total. The van der Waals surface area contributed by atoms with E-state index in [1.807, 2.05) is 24.3 Å². The number of hydrogen-bond donors (Lipinski definition) is 0. The minimum atomic E-state index is -0.201. The van der Waals surface area contributed by atoms with Crippen molar-refractivity contribution in [3.05, 3.63) is 40.4 Å². The number of carbonyl (C=O) groups is 1. The molecule has 0 aliphatic carbocycles. The largest absolute Gasteiger partial charge is 0.274 e. The maximum atomic E-state index is 11.4. The van der Waals surface area contributed by atoms with Gasteiger partial charge in [0.2, 0.25) is 0 Å². The average molecular weight is 270 g/mol. The van der Waals surface area contributed by atoms with Crippen molar-refractivity contribution >= 4 is 27.9 Å². The van der Waals surface area contributed by atoms with Crippen molar-refractivity contribution in [2.45, 2.75) is 0 Å². The van der Waals surface area contributed by atoms with Crippen LogP contribution >= 0.6 is 15.9 Å². The van der Waals surface area contributed by atoms with Gasteiger partial charge in [0, 0.05) is 17.6 Å². The Kier molecular flexibility index (Phi) is 4.52. The van der Waals surface area contributed by atoms with E-state index in [0.717, 1.165) is 15.1 Å². The van der Waals surface area contributed by atoms with Crippen LogP contribution in [0.5, 0.6) is 0 Å². The topological polar surface area (TPSA) is 29.5 Å². The SMILES string of the molecule is CON(C)C(=O)/C=C/c1ccccc1Br. The number of amides is 1. The summed E-state index contributed by atoms with van der Waals surface area (Å²) in [4.78, 5) is 16.1. The van der Waals surface area contributed by atoms with E-state index in [0.29, 0.717) is 0 Å². The van der Waals surface area contributed by atoms with E-state index < -0.39 is 0 Å². The minimum Gasteiger partial charge on any atom is -0.274 e. The molecule has 0 aliphatic heterocycles. The van der Waals surface area contributed by atoms with Gasteiger partial charge in [-0.1, -0.05) is 34.1 Å². The Balaban J connectivity index is 2.74. The summed E-state index contributed by atoms with van der Waals surface area (Å²) in [7, 11) is 3.01. The van der Waals surface area contributed by atoms with Crippen LogP contribution in [-0.2, 0) is 9.63 Å². The second-order valence-corrected chi connectivity index (χ2v) is 3.73. The van der Waals surface area contributed by atoms with E-state index in [1.54, 1.807) is 13.1 Å². The summed E-state index contributed by atoms with van der Waals surface area (Å²) in [6.45, 7) is 0. The van der Waals surface area contributed by atoms with Gasteiger partial charge in [-0.05, 0) is 17.7 Å². The third kappa shape index (κ3) is 3.49. The van der Waals surface area contributed by atoms with Crippen LogP contribution in [0.3, 0.4) is 0 Å². The summed E-state index contributed by atoms with van der Waals surface area (Å²) in [5, 5.41) is 1.16. The molecule has 4 heteroatoms. The fourth-order valence-corrected chi connectivity index (χ4v) is 1.38. The van der Waals surface area contributed by atoms with Gasteiger partial charge in [-0.3, -0.25) is 9.63 Å². The normalized spacial score (nSPS) is 10.6. The molecule has 0 saturated carbocycles. The molecule has 0 atom stereocenters. The third-order valence-electron chi connectivity index (χ3n) is 1.89. The quantitative estimate of drug-likeness (QED) is 0.623. The fraction of sp³-hybridized carbons (Fsp3) is 0.182. The van der Waals surface area contributed by atoms with E-state index >= 15 is 0 Å². The Hall–Kier alpha value is -1.13. The molecule has 0 unspecified atom stereocenters. The highest BCUT2D eigenvalue weighted by molar-refractivity contribution is 9.10. The average Bonchev–Trinajstić information content (AvgIpc) is 2.26. The molecule has 15 heavy (non-hydrogen) atoms. The smallest absolute Gasteiger partial charge is 0.269 e. The predicted octanol–water partition coefficient (Wildman–Crippen LogP) is 2.48. The zero-order chi connectivity index (χ0) is 11.3. The lowest BCUT2D eigenvalue weighted by atomic mass is 10.2. The van der Waals surface area contributed by atoms with Crippen LogP contribution in [0.1, 0.15) is 5.56 Å². The molecule has 0 spiro atoms. The van der Waals surface area contributed by atoms with Crippen LogP contribution in [0.25, 0.3) is 6.08 Å². The van der Waals surface area contributed by atoms with Crippen molar-refractivity contribution in [3.63, 3.8) is 0 Å². The second kappa shape index (κ2) is 5.68. The zero-order valence-electron chi connectivity index (χ0n) is 8.61. The summed E-state index contributed by atoms with van der Waals surface area (Å²) in [6, 6.07) is 7.67. The fourth-order valence-electron chi connectivity index (χ4n) is 0.966. The molecule has 0 bridgehead atoms. The maximum Gasteiger partial charge on any atom is 0.269 e. The van der Waals surface area contributed by atoms with Gasteiger partial charge in [-0.25, -0.2) is 5.06 Å². The highest BCUT2D eigenvalue weighted by atomic mass is 79.9. The van der Waals surface area contributed by atoms with Crippen LogP contribution in [0.4, 0.5) is 0 Å². The van der Waals surface area contributed by atoms with Crippen molar-refractivity contribution in [2.24, 2.45) is 0 Å². The molecule has 1 rings (SSSR count). The van der Waals surface area contributed by atoms with Gasteiger partial charge in [0.05, 0.1) is 7.11 Å². The van der Waals surface area contributed by atoms with Gasteiger partial charge in [-0.15, -0.1) is 0 Å². The highest BCUT2D eigenvalue weighted by Crippen LogP contribution is 2.17. The molecule has 0 aliphatic rings. The number of nitrogens with zero attached hydrogens (tertiary/aromatic N) is 1. The van der Waals surface area contributed by atoms with E-state index in [1.165, 1.54) is 13.2 Å². The first-order chi connectivity index (χ1) is 7.15. The second-order valence-electron chi connectivity index (χ2n) is 2.87. The van der Waals surface area contributed by atoms with Crippen molar-refractivity contribution < 1.29 is 9.63 Å². The monoisotopic (exact) mass is 269 g/mol. The predicted molar refractivity (Wildman–Crippen MR) is 63.0 cm³/mol. The molecule has 0 saturated heterocycles. The number of likely N-dealkylation sites (N-methyl/N-ethyl adjacent to an activating group) is 1. The van der Waals surface area contributed by atoms with Crippen LogP contribution in [0.15, 0.2) is 34.8 Å². The maximum absolute atomic E-state index is 11.4. The first-order valence-electron chi connectivity index (χ1n) is 4.39. The molecular weight excluding hydrogens is 258 g/mol. The van der Waals surface area contributed by atoms with Gasteiger partial charge in [-0.2, -0.15) is 0 Å². The Bertz CT molecular complexity index is 377. The van der Waals surface area contributed by atoms with Gasteiger partial charge in [0.1, 0.15) is 0 Å². The lowest BCUT2D eigenvalue weighted by Gasteiger charge is -2.10. The lowest BCUT2D eigenvalue weighted by molar-refractivity contribution is -0.162. The van der Waals surface area contributed by atoms with Gasteiger partial charge in [0.15, 0.2) is 0 Å². The number of hydrogen-bond acceptors (Lipinski definition) is 2. The number of carbonyl (C=O) groups excluding carboxylic acids is 1. The Morgan fingerprint density at radius 3 is 2.73 bits per heavy atom. The van der Waals surface area contributed by atoms with E-state index in [-0.39, 0.29) is 5.91 Å². The number of benzene rings is 1. The molecule has 0 heterocycles. The Labute approximate surface area is 97.4 Å². The van der Waals surface area contributed by atoms with E-state index in [4.69, 9.17) is 4.84 Å². The molecule has 1 aromatic carbocycles. The molecular formula is C11H12BrNO2. The zero-order valence-corrected chi connectivity index (χ0v) is 10.2. The first kappa shape index (κ1) is 11.9. The number of rotatable bonds is 3. The van der Waals surface area contributed by atoms with Crippen molar-refractivity contribution in [1.82, 2.24) is 5.06 Å². The van der Waals surface area contributed by atoms with Crippen LogP contribution in [0.2, 0.25) is 0 Å². The molecule has 0 aromatic heterocycles. The minimum absolute atomic E-state index is 0.201. The molecule has 0 radical (unpaired) electrons. The standard InChI is InChI=1S/C11H12BrNO2/c1-13(15-2)11(14)8-7-9-5-3-4-6-10(9)12/h3-8H,1-2H3/b8-7+. The summed E-state index contributed by atoms with van der Waals surface area (Å²) >= 11 is 3.39. The lowest BCUT2D eigenvalue weighted by Crippen LogP contribution is -2.22. The molecule has 80 valence electrons. The Morgan fingerprint density at radius 2 is 2.13 bits per heavy atom. The van der Waals surface area contributed by atoms with Gasteiger partial charge < -0.3 is 0 Å². The summed E-state index contributed by atoms with van der Waals surface area (Å²) in [5.41, 5.74) is 0.954. The summed E-state index contributed by atoms with van der Waals surface area (Å²) in [6.07, 6.45) is 3.20. The van der Waals surface area contributed by atoms with E-state index in [2.05, 4.69) is 15.9 Å².